The highest BCUT2D eigenvalue weighted by molar-refractivity contribution is 6.01. The van der Waals surface area contributed by atoms with Crippen LogP contribution in [0.4, 0.5) is 0 Å². The molecule has 0 atom stereocenters. The summed E-state index contributed by atoms with van der Waals surface area (Å²) in [6.45, 7) is 2.38. The van der Waals surface area contributed by atoms with Gasteiger partial charge in [-0.05, 0) is 42.8 Å². The SMILES string of the molecule is Cc1c(C=Nn2c(=O)[nH]c3ccccc3c2=O)c2ccccc2n1Cc1cccc(C(=O)O)c1. The third-order valence-electron chi connectivity index (χ3n) is 5.88. The number of para-hydroxylation sites is 2. The van der Waals surface area contributed by atoms with Gasteiger partial charge in [0, 0.05) is 28.7 Å². The van der Waals surface area contributed by atoms with Crippen LogP contribution in [-0.4, -0.2) is 31.5 Å². The maximum Gasteiger partial charge on any atom is 0.349 e. The summed E-state index contributed by atoms with van der Waals surface area (Å²) in [5.41, 5.74) is 2.98. The number of benzene rings is 3. The number of carboxylic acids is 1. The zero-order valence-corrected chi connectivity index (χ0v) is 18.2. The Hall–Kier alpha value is -4.72. The quantitative estimate of drug-likeness (QED) is 0.397. The van der Waals surface area contributed by atoms with E-state index in [1.807, 2.05) is 37.3 Å². The minimum absolute atomic E-state index is 0.225. The lowest BCUT2D eigenvalue weighted by molar-refractivity contribution is 0.0696. The van der Waals surface area contributed by atoms with Crippen LogP contribution in [-0.2, 0) is 6.54 Å². The molecule has 8 nitrogen and oxygen atoms in total. The molecule has 0 amide bonds. The first-order valence-corrected chi connectivity index (χ1v) is 10.6. The molecule has 0 saturated carbocycles. The lowest BCUT2D eigenvalue weighted by Crippen LogP contribution is -2.32. The molecule has 5 aromatic rings. The van der Waals surface area contributed by atoms with Crippen molar-refractivity contribution in [3.05, 3.63) is 116 Å². The smallest absolute Gasteiger partial charge is 0.349 e. The largest absolute Gasteiger partial charge is 0.478 e. The molecule has 5 rings (SSSR count). The molecule has 2 aromatic heterocycles. The summed E-state index contributed by atoms with van der Waals surface area (Å²) in [6, 6.07) is 21.3. The van der Waals surface area contributed by atoms with E-state index in [1.54, 1.807) is 42.5 Å². The average molecular weight is 452 g/mol. The fraction of sp³-hybridized carbons (Fsp3) is 0.0769. The van der Waals surface area contributed by atoms with E-state index in [4.69, 9.17) is 0 Å². The second-order valence-electron chi connectivity index (χ2n) is 7.95. The number of nitrogens with one attached hydrogen (secondary N) is 1. The first kappa shape index (κ1) is 21.1. The zero-order chi connectivity index (χ0) is 23.8. The van der Waals surface area contributed by atoms with Gasteiger partial charge in [-0.25, -0.2) is 9.59 Å². The van der Waals surface area contributed by atoms with Crippen molar-refractivity contribution in [2.75, 3.05) is 0 Å². The van der Waals surface area contributed by atoms with E-state index in [2.05, 4.69) is 14.7 Å². The van der Waals surface area contributed by atoms with Crippen molar-refractivity contribution in [1.82, 2.24) is 14.2 Å². The van der Waals surface area contributed by atoms with Gasteiger partial charge in [0.05, 0.1) is 22.7 Å². The van der Waals surface area contributed by atoms with E-state index in [1.165, 1.54) is 6.21 Å². The Kier molecular flexibility index (Phi) is 5.18. The van der Waals surface area contributed by atoms with Crippen LogP contribution in [0.15, 0.2) is 87.5 Å². The highest BCUT2D eigenvalue weighted by Crippen LogP contribution is 2.26. The molecule has 168 valence electrons. The number of aromatic carboxylic acids is 1. The van der Waals surface area contributed by atoms with Crippen molar-refractivity contribution in [2.45, 2.75) is 13.5 Å². The maximum atomic E-state index is 12.8. The number of fused-ring (bicyclic) bond motifs is 2. The van der Waals surface area contributed by atoms with Gasteiger partial charge in [-0.2, -0.15) is 5.10 Å². The minimum Gasteiger partial charge on any atom is -0.478 e. The normalized spacial score (nSPS) is 11.6. The van der Waals surface area contributed by atoms with E-state index >= 15 is 0 Å². The molecule has 0 bridgehead atoms. The number of nitrogens with zero attached hydrogens (tertiary/aromatic N) is 3. The molecule has 0 aliphatic rings. The summed E-state index contributed by atoms with van der Waals surface area (Å²) in [4.78, 5) is 39.4. The Morgan fingerprint density at radius 1 is 1.00 bits per heavy atom. The molecule has 0 saturated heterocycles. The second-order valence-corrected chi connectivity index (χ2v) is 7.95. The molecule has 0 unspecified atom stereocenters. The van der Waals surface area contributed by atoms with Gasteiger partial charge < -0.3 is 14.7 Å². The summed E-state index contributed by atoms with van der Waals surface area (Å²) >= 11 is 0. The van der Waals surface area contributed by atoms with Gasteiger partial charge in [-0.1, -0.05) is 42.5 Å². The predicted octanol–water partition coefficient (Wildman–Crippen LogP) is 3.58. The Morgan fingerprint density at radius 3 is 2.53 bits per heavy atom. The Bertz CT molecular complexity index is 1720. The van der Waals surface area contributed by atoms with E-state index in [0.29, 0.717) is 17.4 Å². The molecule has 3 aromatic carbocycles. The summed E-state index contributed by atoms with van der Waals surface area (Å²) in [6.07, 6.45) is 1.52. The zero-order valence-electron chi connectivity index (χ0n) is 18.2. The fourth-order valence-electron chi connectivity index (χ4n) is 4.18. The van der Waals surface area contributed by atoms with Crippen molar-refractivity contribution in [1.29, 1.82) is 0 Å². The molecule has 0 aliphatic carbocycles. The molecule has 0 spiro atoms. The molecule has 34 heavy (non-hydrogen) atoms. The first-order chi connectivity index (χ1) is 16.4. The van der Waals surface area contributed by atoms with Crippen LogP contribution in [0.2, 0.25) is 0 Å². The number of hydrogen-bond acceptors (Lipinski definition) is 4. The minimum atomic E-state index is -0.977. The highest BCUT2D eigenvalue weighted by atomic mass is 16.4. The standard InChI is InChI=1S/C26H20N4O4/c1-16-21(14-27-30-24(31)20-10-2-4-11-22(20)28-26(30)34)19-9-3-5-12-23(19)29(16)15-17-7-6-8-18(13-17)25(32)33/h2-14H,15H2,1H3,(H,28,34)(H,32,33). The van der Waals surface area contributed by atoms with E-state index < -0.39 is 17.2 Å². The van der Waals surface area contributed by atoms with Crippen LogP contribution in [0, 0.1) is 6.92 Å². The summed E-state index contributed by atoms with van der Waals surface area (Å²) in [5.74, 6) is -0.977. The van der Waals surface area contributed by atoms with Crippen LogP contribution in [0.1, 0.15) is 27.2 Å². The number of carboxylic acid groups (broad SMARTS) is 1. The molecule has 0 radical (unpaired) electrons. The Morgan fingerprint density at radius 2 is 1.74 bits per heavy atom. The van der Waals surface area contributed by atoms with E-state index in [9.17, 15) is 19.5 Å². The van der Waals surface area contributed by atoms with Crippen molar-refractivity contribution in [3.8, 4) is 0 Å². The van der Waals surface area contributed by atoms with Crippen LogP contribution >= 0.6 is 0 Å². The van der Waals surface area contributed by atoms with Gasteiger partial charge in [0.25, 0.3) is 5.56 Å². The van der Waals surface area contributed by atoms with Crippen molar-refractivity contribution in [3.63, 3.8) is 0 Å². The van der Waals surface area contributed by atoms with Gasteiger partial charge in [-0.15, -0.1) is 4.68 Å². The number of hydrogen-bond donors (Lipinski definition) is 2. The number of aromatic nitrogens is 3. The van der Waals surface area contributed by atoms with Gasteiger partial charge in [-0.3, -0.25) is 4.79 Å². The molecule has 2 N–H and O–H groups in total. The second kappa shape index (κ2) is 8.32. The molecule has 0 fully saturated rings. The van der Waals surface area contributed by atoms with Crippen LogP contribution in [0.5, 0.6) is 0 Å². The lowest BCUT2D eigenvalue weighted by atomic mass is 10.1. The number of H-pyrrole nitrogens is 1. The fourth-order valence-corrected chi connectivity index (χ4v) is 4.18. The molecule has 2 heterocycles. The van der Waals surface area contributed by atoms with Crippen LogP contribution < -0.4 is 11.2 Å². The van der Waals surface area contributed by atoms with Gasteiger partial charge in [0.1, 0.15) is 0 Å². The highest BCUT2D eigenvalue weighted by Gasteiger charge is 2.14. The summed E-state index contributed by atoms with van der Waals surface area (Å²) in [5, 5.41) is 14.8. The summed E-state index contributed by atoms with van der Waals surface area (Å²) < 4.78 is 2.88. The van der Waals surface area contributed by atoms with Gasteiger partial charge in [0.15, 0.2) is 0 Å². The number of aromatic amines is 1. The Labute approximate surface area is 193 Å². The van der Waals surface area contributed by atoms with E-state index in [-0.39, 0.29) is 5.56 Å². The summed E-state index contributed by atoms with van der Waals surface area (Å²) in [7, 11) is 0. The molecule has 8 heteroatoms. The maximum absolute atomic E-state index is 12.8. The Balaban J connectivity index is 1.62. The molecular formula is C26H20N4O4. The topological polar surface area (TPSA) is 109 Å². The third-order valence-corrected chi connectivity index (χ3v) is 5.88. The van der Waals surface area contributed by atoms with Gasteiger partial charge >= 0.3 is 11.7 Å². The third kappa shape index (κ3) is 3.61. The van der Waals surface area contributed by atoms with Crippen LogP contribution in [0.3, 0.4) is 0 Å². The number of rotatable bonds is 5. The molecular weight excluding hydrogens is 432 g/mol. The van der Waals surface area contributed by atoms with E-state index in [0.717, 1.165) is 32.4 Å². The van der Waals surface area contributed by atoms with Crippen molar-refractivity contribution >= 4 is 34.0 Å². The predicted molar refractivity (Wildman–Crippen MR) is 131 cm³/mol. The van der Waals surface area contributed by atoms with Crippen LogP contribution in [0.25, 0.3) is 21.8 Å². The lowest BCUT2D eigenvalue weighted by Gasteiger charge is -2.09. The number of carbonyl (C=O) groups is 1. The first-order valence-electron chi connectivity index (χ1n) is 10.6. The monoisotopic (exact) mass is 452 g/mol. The average Bonchev–Trinajstić information content (AvgIpc) is 3.10. The van der Waals surface area contributed by atoms with Gasteiger partial charge in [0.2, 0.25) is 0 Å². The molecule has 0 aliphatic heterocycles. The van der Waals surface area contributed by atoms with Crippen molar-refractivity contribution < 1.29 is 9.90 Å². The van der Waals surface area contributed by atoms with Crippen molar-refractivity contribution in [2.24, 2.45) is 5.10 Å².